The van der Waals surface area contributed by atoms with Gasteiger partial charge in [0.1, 0.15) is 0 Å². The van der Waals surface area contributed by atoms with E-state index in [9.17, 15) is 0 Å². The van der Waals surface area contributed by atoms with Gasteiger partial charge in [-0.25, -0.2) is 0 Å². The van der Waals surface area contributed by atoms with E-state index in [0.29, 0.717) is 0 Å². The van der Waals surface area contributed by atoms with Gasteiger partial charge in [-0.15, -0.1) is 0 Å². The molecule has 160 valence electrons. The second kappa shape index (κ2) is 7.05. The first-order valence-corrected chi connectivity index (χ1v) is 21.7. The van der Waals surface area contributed by atoms with Gasteiger partial charge in [0.2, 0.25) is 0 Å². The van der Waals surface area contributed by atoms with Gasteiger partial charge >= 0.3 is 0 Å². The Kier molecular flexibility index (Phi) is 4.92. The van der Waals surface area contributed by atoms with Gasteiger partial charge in [-0.3, -0.25) is 0 Å². The van der Waals surface area contributed by atoms with Crippen molar-refractivity contribution in [2.75, 3.05) is 0 Å². The Hall–Kier alpha value is -0.909. The van der Waals surface area contributed by atoms with E-state index in [4.69, 9.17) is 0 Å². The monoisotopic (exact) mass is 448 g/mol. The highest BCUT2D eigenvalue weighted by Crippen LogP contribution is 2.59. The van der Waals surface area contributed by atoms with Crippen molar-refractivity contribution in [3.8, 4) is 0 Å². The van der Waals surface area contributed by atoms with Gasteiger partial charge in [-0.1, -0.05) is 124 Å². The molecule has 0 nitrogen and oxygen atoms in total. The summed E-state index contributed by atoms with van der Waals surface area (Å²) >= 11 is 0. The average Bonchev–Trinajstić information content (AvgIpc) is 2.52. The molecule has 0 spiro atoms. The Morgan fingerprint density at radius 1 is 0.467 bits per heavy atom. The number of aryl methyl sites for hydroxylation is 6. The van der Waals surface area contributed by atoms with Crippen LogP contribution in [-0.4, -0.2) is 22.3 Å². The third-order valence-corrected chi connectivity index (χ3v) is 51.3. The fraction of sp³-hybridized carbons (Fsp3) is 0.556. The van der Waals surface area contributed by atoms with Crippen molar-refractivity contribution in [2.24, 2.45) is 0 Å². The largest absolute Gasteiger partial charge is 0.0789 e. The van der Waals surface area contributed by atoms with Crippen molar-refractivity contribution in [3.05, 3.63) is 57.6 Å². The van der Waals surface area contributed by atoms with E-state index in [-0.39, 0.29) is 0 Å². The van der Waals surface area contributed by atoms with Crippen molar-refractivity contribution in [3.63, 3.8) is 0 Å². The Bertz CT molecular complexity index is 883. The van der Waals surface area contributed by atoms with E-state index in [1.807, 2.05) is 10.4 Å². The SMILES string of the molecule is Cc1cc(C)c([Si]2([Si]3([Si]4(c5c(C)cc(C)cc5C)CCC4)CCC3)CCC2)c(C)c1. The molecule has 3 aliphatic heterocycles. The van der Waals surface area contributed by atoms with E-state index < -0.39 is 22.3 Å². The molecule has 0 aliphatic carbocycles. The fourth-order valence-electron chi connectivity index (χ4n) is 8.81. The summed E-state index contributed by atoms with van der Waals surface area (Å²) in [6, 6.07) is 20.1. The lowest BCUT2D eigenvalue weighted by Gasteiger charge is -2.69. The third kappa shape index (κ3) is 2.55. The van der Waals surface area contributed by atoms with Gasteiger partial charge in [0.25, 0.3) is 0 Å². The van der Waals surface area contributed by atoms with Crippen LogP contribution in [0.5, 0.6) is 0 Å². The number of benzene rings is 2. The maximum Gasteiger partial charge on any atom is 0.0789 e. The maximum atomic E-state index is 2.54. The normalized spacial score (nSPS) is 23.3. The second-order valence-corrected chi connectivity index (χ2v) is 34.8. The third-order valence-electron chi connectivity index (χ3n) is 9.76. The first kappa shape index (κ1) is 21.0. The molecule has 3 saturated heterocycles. The lowest BCUT2D eigenvalue weighted by atomic mass is 10.1. The van der Waals surface area contributed by atoms with E-state index in [1.54, 1.807) is 64.9 Å². The molecule has 0 amide bonds. The highest BCUT2D eigenvalue weighted by molar-refractivity contribution is 7.76. The molecule has 2 aromatic carbocycles. The number of hydrogen-bond acceptors (Lipinski definition) is 0. The Balaban J connectivity index is 1.74. The predicted octanol–water partition coefficient (Wildman–Crippen LogP) is 6.37. The first-order chi connectivity index (χ1) is 14.3. The second-order valence-electron chi connectivity index (χ2n) is 11.4. The van der Waals surface area contributed by atoms with Gasteiger partial charge in [0.15, 0.2) is 0 Å². The molecule has 0 saturated carbocycles. The van der Waals surface area contributed by atoms with Crippen molar-refractivity contribution in [1.82, 2.24) is 0 Å². The van der Waals surface area contributed by atoms with Crippen LogP contribution in [0.2, 0.25) is 36.3 Å². The molecule has 2 aromatic rings. The molecule has 0 aromatic heterocycles. The summed E-state index contributed by atoms with van der Waals surface area (Å²) in [5.74, 6) is 0. The molecule has 3 heteroatoms. The molecule has 0 atom stereocenters. The minimum atomic E-state index is -1.34. The van der Waals surface area contributed by atoms with Gasteiger partial charge in [0, 0.05) is 0 Å². The van der Waals surface area contributed by atoms with Crippen LogP contribution in [0, 0.1) is 41.5 Å². The molecular weight excluding hydrogens is 409 g/mol. The Labute approximate surface area is 187 Å². The van der Waals surface area contributed by atoms with Crippen molar-refractivity contribution < 1.29 is 0 Å². The zero-order valence-electron chi connectivity index (χ0n) is 20.2. The summed E-state index contributed by atoms with van der Waals surface area (Å²) in [6.07, 6.45) is 4.62. The molecule has 0 N–H and O–H groups in total. The molecule has 3 fully saturated rings. The zero-order valence-corrected chi connectivity index (χ0v) is 23.2. The van der Waals surface area contributed by atoms with Crippen LogP contribution in [0.3, 0.4) is 0 Å². The quantitative estimate of drug-likeness (QED) is 0.477. The predicted molar refractivity (Wildman–Crippen MR) is 141 cm³/mol. The molecule has 30 heavy (non-hydrogen) atoms. The zero-order chi connectivity index (χ0) is 21.3. The Morgan fingerprint density at radius 2 is 0.767 bits per heavy atom. The van der Waals surface area contributed by atoms with E-state index in [0.717, 1.165) is 0 Å². The first-order valence-electron chi connectivity index (χ1n) is 12.4. The van der Waals surface area contributed by atoms with E-state index in [1.165, 1.54) is 24.0 Å². The minimum absolute atomic E-state index is 1.24. The molecular formula is C27H40Si3. The van der Waals surface area contributed by atoms with Crippen LogP contribution in [0.4, 0.5) is 0 Å². The van der Waals surface area contributed by atoms with Crippen LogP contribution in [0.25, 0.3) is 0 Å². The minimum Gasteiger partial charge on any atom is -0.0605 e. The van der Waals surface area contributed by atoms with Gasteiger partial charge in [-0.2, -0.15) is 0 Å². The smallest absolute Gasteiger partial charge is 0.0605 e. The standard InChI is InChI=1S/C27H40Si3/c1-20-16-22(3)26(23(4)17-20)28(10-7-11-28)30(14-9-15-30)29(12-8-13-29)27-24(5)18-21(2)19-25(27)6/h16-19H,7-15H2,1-6H3. The van der Waals surface area contributed by atoms with Crippen molar-refractivity contribution in [2.45, 2.75) is 97.1 Å². The molecule has 5 rings (SSSR count). The highest BCUT2D eigenvalue weighted by atomic mass is 29.6. The van der Waals surface area contributed by atoms with Crippen LogP contribution >= 0.6 is 0 Å². The molecule has 0 radical (unpaired) electrons. The summed E-state index contributed by atoms with van der Waals surface area (Å²) < 4.78 is 0. The molecule has 0 unspecified atom stereocenters. The fourth-order valence-corrected chi connectivity index (χ4v) is 60.7. The van der Waals surface area contributed by atoms with Crippen molar-refractivity contribution >= 4 is 32.7 Å². The molecule has 0 bridgehead atoms. The summed E-state index contributed by atoms with van der Waals surface area (Å²) in [5.41, 5.74) is 9.67. The lowest BCUT2D eigenvalue weighted by Crippen LogP contribution is -2.91. The lowest BCUT2D eigenvalue weighted by molar-refractivity contribution is 0.862. The molecule has 3 aliphatic rings. The van der Waals surface area contributed by atoms with Crippen molar-refractivity contribution in [1.29, 1.82) is 0 Å². The molecule has 3 heterocycles. The van der Waals surface area contributed by atoms with E-state index in [2.05, 4.69) is 65.8 Å². The summed E-state index contributed by atoms with van der Waals surface area (Å²) in [7, 11) is -3.93. The average molecular weight is 449 g/mol. The van der Waals surface area contributed by atoms with Crippen LogP contribution in [0.1, 0.15) is 52.6 Å². The van der Waals surface area contributed by atoms with Crippen LogP contribution in [0.15, 0.2) is 24.3 Å². The van der Waals surface area contributed by atoms with Crippen LogP contribution < -0.4 is 10.4 Å². The Morgan fingerprint density at radius 3 is 0.967 bits per heavy atom. The summed E-state index contributed by atoms with van der Waals surface area (Å²) in [4.78, 5) is 0. The summed E-state index contributed by atoms with van der Waals surface area (Å²) in [5, 5.41) is 3.96. The number of hydrogen-bond donors (Lipinski definition) is 0. The maximum absolute atomic E-state index is 2.54. The number of rotatable bonds is 4. The van der Waals surface area contributed by atoms with E-state index >= 15 is 0 Å². The highest BCUT2D eigenvalue weighted by Gasteiger charge is 2.72. The van der Waals surface area contributed by atoms with Crippen LogP contribution in [-0.2, 0) is 0 Å². The van der Waals surface area contributed by atoms with Gasteiger partial charge < -0.3 is 0 Å². The van der Waals surface area contributed by atoms with Gasteiger partial charge in [0.05, 0.1) is 22.3 Å². The van der Waals surface area contributed by atoms with Gasteiger partial charge in [-0.05, 0) is 41.5 Å². The summed E-state index contributed by atoms with van der Waals surface area (Å²) in [6.45, 7) is 14.5. The topological polar surface area (TPSA) is 0 Å².